The Kier molecular flexibility index (Phi) is 7.66. The van der Waals surface area contributed by atoms with Crippen molar-refractivity contribution in [3.8, 4) is 0 Å². The lowest BCUT2D eigenvalue weighted by atomic mass is 10.1. The number of benzene rings is 1. The Bertz CT molecular complexity index is 672. The molecule has 0 saturated carbocycles. The molecule has 0 aliphatic heterocycles. The van der Waals surface area contributed by atoms with Crippen LogP contribution in [0.1, 0.15) is 42.5 Å². The molecule has 0 bridgehead atoms. The third-order valence-electron chi connectivity index (χ3n) is 4.53. The van der Waals surface area contributed by atoms with E-state index in [4.69, 9.17) is 4.52 Å². The first kappa shape index (κ1) is 20.0. The summed E-state index contributed by atoms with van der Waals surface area (Å²) in [5, 5.41) is 11.0. The molecule has 0 fully saturated rings. The Morgan fingerprint density at radius 1 is 1.15 bits per heavy atom. The quantitative estimate of drug-likeness (QED) is 0.562. The minimum Gasteiger partial charge on any atom is -0.361 e. The highest BCUT2D eigenvalue weighted by Gasteiger charge is 2.16. The molecule has 6 nitrogen and oxygen atoms in total. The van der Waals surface area contributed by atoms with Crippen LogP contribution in [0.4, 0.5) is 0 Å². The first-order chi connectivity index (χ1) is 12.6. The van der Waals surface area contributed by atoms with Gasteiger partial charge in [0.1, 0.15) is 5.76 Å². The second-order valence-electron chi connectivity index (χ2n) is 6.43. The summed E-state index contributed by atoms with van der Waals surface area (Å²) in [5.74, 6) is 1.72. The van der Waals surface area contributed by atoms with Crippen molar-refractivity contribution in [2.75, 3.05) is 27.7 Å². The number of hydrogen-bond acceptors (Lipinski definition) is 4. The number of rotatable bonds is 8. The molecule has 0 spiro atoms. The Morgan fingerprint density at radius 2 is 1.88 bits per heavy atom. The van der Waals surface area contributed by atoms with Crippen molar-refractivity contribution in [1.29, 1.82) is 0 Å². The van der Waals surface area contributed by atoms with Gasteiger partial charge in [-0.3, -0.25) is 4.99 Å². The molecule has 0 saturated heterocycles. The van der Waals surface area contributed by atoms with Crippen molar-refractivity contribution in [2.45, 2.75) is 39.3 Å². The molecule has 0 amide bonds. The molecule has 6 heteroatoms. The lowest BCUT2D eigenvalue weighted by molar-refractivity contribution is 0.298. The van der Waals surface area contributed by atoms with Gasteiger partial charge < -0.3 is 20.1 Å². The lowest BCUT2D eigenvalue weighted by Crippen LogP contribution is -2.41. The first-order valence-corrected chi connectivity index (χ1v) is 9.22. The maximum atomic E-state index is 5.43. The summed E-state index contributed by atoms with van der Waals surface area (Å²) in [6, 6.07) is 10.8. The SMILES string of the molecule is CCc1noc(CC)c1CNC(=NC)NCC(c1ccccc1)N(C)C. The Labute approximate surface area is 156 Å². The molecular weight excluding hydrogens is 326 g/mol. The zero-order valence-electron chi connectivity index (χ0n) is 16.5. The van der Waals surface area contributed by atoms with Crippen LogP contribution in [0.5, 0.6) is 0 Å². The van der Waals surface area contributed by atoms with Crippen molar-refractivity contribution in [2.24, 2.45) is 4.99 Å². The van der Waals surface area contributed by atoms with Crippen molar-refractivity contribution < 1.29 is 4.52 Å². The van der Waals surface area contributed by atoms with Gasteiger partial charge in [0.25, 0.3) is 0 Å². The average molecular weight is 358 g/mol. The van der Waals surface area contributed by atoms with Crippen LogP contribution in [0.25, 0.3) is 0 Å². The van der Waals surface area contributed by atoms with E-state index in [0.717, 1.165) is 42.4 Å². The van der Waals surface area contributed by atoms with Crippen molar-refractivity contribution in [3.05, 3.63) is 52.9 Å². The number of hydrogen-bond donors (Lipinski definition) is 2. The summed E-state index contributed by atoms with van der Waals surface area (Å²) in [5.41, 5.74) is 3.44. The van der Waals surface area contributed by atoms with Gasteiger partial charge in [-0.15, -0.1) is 0 Å². The Hall–Kier alpha value is -2.34. The van der Waals surface area contributed by atoms with Crippen LogP contribution < -0.4 is 10.6 Å². The molecule has 26 heavy (non-hydrogen) atoms. The van der Waals surface area contributed by atoms with Gasteiger partial charge in [0.15, 0.2) is 5.96 Å². The van der Waals surface area contributed by atoms with E-state index in [2.05, 4.69) is 77.9 Å². The van der Waals surface area contributed by atoms with Gasteiger partial charge in [0, 0.05) is 32.1 Å². The van der Waals surface area contributed by atoms with Gasteiger partial charge in [0.05, 0.1) is 11.7 Å². The van der Waals surface area contributed by atoms with E-state index in [1.54, 1.807) is 7.05 Å². The van der Waals surface area contributed by atoms with Gasteiger partial charge in [-0.25, -0.2) is 0 Å². The van der Waals surface area contributed by atoms with Crippen LogP contribution in [0.2, 0.25) is 0 Å². The fraction of sp³-hybridized carbons (Fsp3) is 0.500. The molecule has 1 heterocycles. The van der Waals surface area contributed by atoms with Crippen LogP contribution in [-0.2, 0) is 19.4 Å². The Balaban J connectivity index is 1.98. The molecule has 0 radical (unpaired) electrons. The summed E-state index contributed by atoms with van der Waals surface area (Å²) in [6.07, 6.45) is 1.70. The standard InChI is InChI=1S/C20H31N5O/c1-6-17-16(19(7-2)26-24-17)13-22-20(21-3)23-14-18(25(4)5)15-11-9-8-10-12-15/h8-12,18H,6-7,13-14H2,1-5H3,(H2,21,22,23). The van der Waals surface area contributed by atoms with E-state index in [9.17, 15) is 0 Å². The predicted octanol–water partition coefficient (Wildman–Crippen LogP) is 2.77. The number of likely N-dealkylation sites (N-methyl/N-ethyl adjacent to an activating group) is 1. The van der Waals surface area contributed by atoms with Gasteiger partial charge in [0.2, 0.25) is 0 Å². The monoisotopic (exact) mass is 357 g/mol. The number of nitrogens with one attached hydrogen (secondary N) is 2. The van der Waals surface area contributed by atoms with E-state index >= 15 is 0 Å². The maximum absolute atomic E-state index is 5.43. The zero-order chi connectivity index (χ0) is 18.9. The molecule has 2 aromatic rings. The molecule has 1 unspecified atom stereocenters. The largest absolute Gasteiger partial charge is 0.361 e. The minimum atomic E-state index is 0.266. The smallest absolute Gasteiger partial charge is 0.191 e. The molecule has 2 N–H and O–H groups in total. The number of nitrogens with zero attached hydrogens (tertiary/aromatic N) is 3. The second-order valence-corrected chi connectivity index (χ2v) is 6.43. The van der Waals surface area contributed by atoms with Gasteiger partial charge in [-0.2, -0.15) is 0 Å². The molecule has 1 aromatic carbocycles. The van der Waals surface area contributed by atoms with E-state index in [1.807, 2.05) is 6.07 Å². The Morgan fingerprint density at radius 3 is 2.46 bits per heavy atom. The summed E-state index contributed by atoms with van der Waals surface area (Å²) < 4.78 is 5.43. The highest BCUT2D eigenvalue weighted by Crippen LogP contribution is 2.17. The summed E-state index contributed by atoms with van der Waals surface area (Å²) in [7, 11) is 5.97. The molecule has 0 aliphatic rings. The number of aryl methyl sites for hydroxylation is 2. The molecule has 1 atom stereocenters. The van der Waals surface area contributed by atoms with Crippen LogP contribution >= 0.6 is 0 Å². The van der Waals surface area contributed by atoms with E-state index in [-0.39, 0.29) is 6.04 Å². The summed E-state index contributed by atoms with van der Waals surface area (Å²) in [4.78, 5) is 6.56. The predicted molar refractivity (Wildman–Crippen MR) is 106 cm³/mol. The summed E-state index contributed by atoms with van der Waals surface area (Å²) >= 11 is 0. The van der Waals surface area contributed by atoms with Gasteiger partial charge in [-0.05, 0) is 26.1 Å². The minimum absolute atomic E-state index is 0.266. The normalized spacial score (nSPS) is 13.1. The van der Waals surface area contributed by atoms with E-state index in [1.165, 1.54) is 5.56 Å². The highest BCUT2D eigenvalue weighted by molar-refractivity contribution is 5.79. The summed E-state index contributed by atoms with van der Waals surface area (Å²) in [6.45, 7) is 5.60. The van der Waals surface area contributed by atoms with Crippen LogP contribution in [0, 0.1) is 0 Å². The molecule has 2 rings (SSSR count). The molecular formula is C20H31N5O. The van der Waals surface area contributed by atoms with Crippen LogP contribution in [0.15, 0.2) is 39.8 Å². The third kappa shape index (κ3) is 5.08. The van der Waals surface area contributed by atoms with Crippen LogP contribution in [-0.4, -0.2) is 43.7 Å². The first-order valence-electron chi connectivity index (χ1n) is 9.22. The van der Waals surface area contributed by atoms with Crippen molar-refractivity contribution in [1.82, 2.24) is 20.7 Å². The second kappa shape index (κ2) is 9.97. The van der Waals surface area contributed by atoms with Crippen molar-refractivity contribution >= 4 is 5.96 Å². The third-order valence-corrected chi connectivity index (χ3v) is 4.53. The molecule has 142 valence electrons. The lowest BCUT2D eigenvalue weighted by Gasteiger charge is -2.26. The average Bonchev–Trinajstić information content (AvgIpc) is 3.07. The van der Waals surface area contributed by atoms with Gasteiger partial charge in [-0.1, -0.05) is 49.3 Å². The van der Waals surface area contributed by atoms with E-state index < -0.39 is 0 Å². The highest BCUT2D eigenvalue weighted by atomic mass is 16.5. The number of aliphatic imine (C=N–C) groups is 1. The molecule has 0 aliphatic carbocycles. The van der Waals surface area contributed by atoms with E-state index in [0.29, 0.717) is 6.54 Å². The number of guanidine groups is 1. The van der Waals surface area contributed by atoms with Gasteiger partial charge >= 0.3 is 0 Å². The fourth-order valence-corrected chi connectivity index (χ4v) is 3.00. The number of aromatic nitrogens is 1. The fourth-order valence-electron chi connectivity index (χ4n) is 3.00. The zero-order valence-corrected chi connectivity index (χ0v) is 16.5. The van der Waals surface area contributed by atoms with Crippen molar-refractivity contribution in [3.63, 3.8) is 0 Å². The molecule has 1 aromatic heterocycles. The maximum Gasteiger partial charge on any atom is 0.191 e. The topological polar surface area (TPSA) is 65.7 Å². The van der Waals surface area contributed by atoms with Crippen LogP contribution in [0.3, 0.4) is 0 Å².